The van der Waals surface area contributed by atoms with E-state index in [1.54, 1.807) is 42.5 Å². The van der Waals surface area contributed by atoms with Crippen molar-refractivity contribution in [3.63, 3.8) is 0 Å². The van der Waals surface area contributed by atoms with Crippen LogP contribution in [0, 0.1) is 5.92 Å². The van der Waals surface area contributed by atoms with Gasteiger partial charge >= 0.3 is 5.91 Å². The van der Waals surface area contributed by atoms with Gasteiger partial charge in [0.2, 0.25) is 5.13 Å². The minimum absolute atomic E-state index is 0.0688. The van der Waals surface area contributed by atoms with Gasteiger partial charge in [-0.05, 0) is 78.4 Å². The maximum atomic E-state index is 13.8. The zero-order valence-corrected chi connectivity index (χ0v) is 29.7. The molecule has 1 amide bonds. The molecule has 2 heterocycles. The number of methoxy groups -OCH3 is 1. The first-order chi connectivity index (χ1) is 23.2. The lowest BCUT2D eigenvalue weighted by Crippen LogP contribution is -2.29. The molecule has 252 valence electrons. The number of benzene rings is 3. The molecule has 12 heteroatoms. The summed E-state index contributed by atoms with van der Waals surface area (Å²) in [6.07, 6.45) is 2.79. The highest BCUT2D eigenvalue weighted by Crippen LogP contribution is 2.45. The van der Waals surface area contributed by atoms with Crippen LogP contribution in [0.1, 0.15) is 62.8 Å². The lowest BCUT2D eigenvalue weighted by molar-refractivity contribution is -0.132. The van der Waals surface area contributed by atoms with Gasteiger partial charge in [-0.25, -0.2) is 0 Å². The molecule has 0 spiro atoms. The molecule has 3 aromatic carbocycles. The van der Waals surface area contributed by atoms with Crippen molar-refractivity contribution in [2.45, 2.75) is 56.2 Å². The lowest BCUT2D eigenvalue weighted by atomic mass is 9.95. The Kier molecular flexibility index (Phi) is 12.0. The highest BCUT2D eigenvalue weighted by Gasteiger charge is 2.48. The monoisotopic (exact) mass is 707 g/mol. The van der Waals surface area contributed by atoms with E-state index in [0.717, 1.165) is 24.8 Å². The van der Waals surface area contributed by atoms with E-state index in [-0.39, 0.29) is 16.5 Å². The van der Waals surface area contributed by atoms with Crippen molar-refractivity contribution in [3.8, 4) is 17.2 Å². The molecule has 1 unspecified atom stereocenters. The summed E-state index contributed by atoms with van der Waals surface area (Å²) >= 11 is 8.68. The summed E-state index contributed by atoms with van der Waals surface area (Å²) in [6, 6.07) is 18.6. The van der Waals surface area contributed by atoms with E-state index >= 15 is 0 Å². The third-order valence-electron chi connectivity index (χ3n) is 7.67. The molecule has 1 atom stereocenters. The van der Waals surface area contributed by atoms with E-state index in [2.05, 4.69) is 31.0 Å². The Balaban J connectivity index is 1.52. The number of anilines is 1. The van der Waals surface area contributed by atoms with Crippen LogP contribution >= 0.6 is 34.7 Å². The SMILES string of the molecule is CCCCOc1ccc(/C(O)=C2\C(=O)C(=O)N(c3nnc(SCc4ccc(Cl)cc4)s3)C2c2ccc(OCCC(C)C)c(OC)c2)cc1. The summed E-state index contributed by atoms with van der Waals surface area (Å²) in [5, 5.41) is 21.1. The average Bonchev–Trinajstić information content (AvgIpc) is 3.66. The standard InChI is InChI=1S/C36H38ClN3O6S2/c1-5-6-18-45-27-14-9-24(10-15-27)32(41)30-31(25-11-16-28(29(20-25)44-4)46-19-17-22(2)3)40(34(43)33(30)42)35-38-39-36(48-35)47-21-23-7-12-26(37)13-8-23/h7-16,20,22,31,41H,5-6,17-19,21H2,1-4H3/b32-30+. The van der Waals surface area contributed by atoms with Gasteiger partial charge in [0.15, 0.2) is 15.8 Å². The number of hydrogen-bond donors (Lipinski definition) is 1. The quantitative estimate of drug-likeness (QED) is 0.0324. The number of thioether (sulfide) groups is 1. The van der Waals surface area contributed by atoms with E-state index < -0.39 is 17.7 Å². The summed E-state index contributed by atoms with van der Waals surface area (Å²) in [7, 11) is 1.53. The summed E-state index contributed by atoms with van der Waals surface area (Å²) < 4.78 is 18.1. The van der Waals surface area contributed by atoms with E-state index in [4.69, 9.17) is 25.8 Å². The molecule has 4 aromatic rings. The largest absolute Gasteiger partial charge is 0.507 e. The number of ether oxygens (including phenoxy) is 3. The number of carbonyl (C=O) groups excluding carboxylic acids is 2. The number of unbranched alkanes of at least 4 members (excludes halogenated alkanes) is 1. The number of amides is 1. The van der Waals surface area contributed by atoms with Crippen LogP contribution in [0.3, 0.4) is 0 Å². The predicted molar refractivity (Wildman–Crippen MR) is 190 cm³/mol. The van der Waals surface area contributed by atoms with E-state index in [9.17, 15) is 14.7 Å². The van der Waals surface area contributed by atoms with Gasteiger partial charge in [-0.1, -0.05) is 80.1 Å². The zero-order chi connectivity index (χ0) is 34.2. The van der Waals surface area contributed by atoms with Crippen molar-refractivity contribution in [1.82, 2.24) is 10.2 Å². The van der Waals surface area contributed by atoms with Gasteiger partial charge in [0, 0.05) is 16.3 Å². The van der Waals surface area contributed by atoms with Gasteiger partial charge in [-0.15, -0.1) is 10.2 Å². The number of aromatic nitrogens is 2. The normalized spacial score (nSPS) is 15.7. The van der Waals surface area contributed by atoms with Gasteiger partial charge < -0.3 is 19.3 Å². The van der Waals surface area contributed by atoms with Crippen LogP contribution in [0.5, 0.6) is 17.2 Å². The minimum atomic E-state index is -1.01. The Labute approximate surface area is 293 Å². The van der Waals surface area contributed by atoms with Crippen LogP contribution < -0.4 is 19.1 Å². The third kappa shape index (κ3) is 8.32. The predicted octanol–water partition coefficient (Wildman–Crippen LogP) is 8.72. The van der Waals surface area contributed by atoms with Gasteiger partial charge in [0.25, 0.3) is 5.78 Å². The minimum Gasteiger partial charge on any atom is -0.507 e. The van der Waals surface area contributed by atoms with Crippen LogP contribution in [0.15, 0.2) is 76.6 Å². The van der Waals surface area contributed by atoms with Crippen molar-refractivity contribution in [3.05, 3.63) is 94.0 Å². The number of nitrogens with zero attached hydrogens (tertiary/aromatic N) is 3. The fourth-order valence-electron chi connectivity index (χ4n) is 5.01. The summed E-state index contributed by atoms with van der Waals surface area (Å²) in [4.78, 5) is 28.8. The molecule has 0 bridgehead atoms. The number of Topliss-reactive ketones (excluding diaryl/α,β-unsaturated/α-hetero) is 1. The Morgan fingerprint density at radius 2 is 1.75 bits per heavy atom. The summed E-state index contributed by atoms with van der Waals surface area (Å²) in [6.45, 7) is 7.41. The highest BCUT2D eigenvalue weighted by molar-refractivity contribution is 8.00. The fraction of sp³-hybridized carbons (Fsp3) is 0.333. The van der Waals surface area contributed by atoms with E-state index in [1.807, 2.05) is 24.3 Å². The molecule has 0 aliphatic carbocycles. The van der Waals surface area contributed by atoms with Crippen LogP contribution in [-0.4, -0.2) is 47.3 Å². The number of hydrogen-bond acceptors (Lipinski definition) is 10. The van der Waals surface area contributed by atoms with Crippen molar-refractivity contribution in [1.29, 1.82) is 0 Å². The molecular weight excluding hydrogens is 670 g/mol. The second-order valence-electron chi connectivity index (χ2n) is 11.6. The fourth-order valence-corrected chi connectivity index (χ4v) is 6.96. The van der Waals surface area contributed by atoms with Crippen LogP contribution in [-0.2, 0) is 15.3 Å². The topological polar surface area (TPSA) is 111 Å². The average molecular weight is 708 g/mol. The van der Waals surface area contributed by atoms with E-state index in [1.165, 1.54) is 35.1 Å². The molecular formula is C36H38ClN3O6S2. The maximum absolute atomic E-state index is 13.8. The number of ketones is 1. The van der Waals surface area contributed by atoms with Gasteiger partial charge in [-0.3, -0.25) is 14.5 Å². The Morgan fingerprint density at radius 3 is 2.44 bits per heavy atom. The van der Waals surface area contributed by atoms with Gasteiger partial charge in [0.1, 0.15) is 11.5 Å². The molecule has 1 aliphatic rings. The first-order valence-electron chi connectivity index (χ1n) is 15.8. The Hall–Kier alpha value is -4.06. The molecule has 0 radical (unpaired) electrons. The molecule has 48 heavy (non-hydrogen) atoms. The Morgan fingerprint density at radius 1 is 1.00 bits per heavy atom. The van der Waals surface area contributed by atoms with Gasteiger partial charge in [-0.2, -0.15) is 0 Å². The molecule has 1 saturated heterocycles. The maximum Gasteiger partial charge on any atom is 0.301 e. The lowest BCUT2D eigenvalue weighted by Gasteiger charge is -2.23. The Bertz CT molecular complexity index is 1760. The summed E-state index contributed by atoms with van der Waals surface area (Å²) in [5.74, 6) is 0.743. The van der Waals surface area contributed by atoms with Crippen molar-refractivity contribution in [2.75, 3.05) is 25.2 Å². The first-order valence-corrected chi connectivity index (χ1v) is 17.9. The zero-order valence-electron chi connectivity index (χ0n) is 27.3. The molecule has 0 saturated carbocycles. The van der Waals surface area contributed by atoms with Crippen molar-refractivity contribution >= 4 is 57.3 Å². The number of aliphatic hydroxyl groups is 1. The van der Waals surface area contributed by atoms with Crippen molar-refractivity contribution in [2.24, 2.45) is 5.92 Å². The highest BCUT2D eigenvalue weighted by atomic mass is 35.5. The molecule has 1 aromatic heterocycles. The second kappa shape index (κ2) is 16.4. The van der Waals surface area contributed by atoms with Gasteiger partial charge in [0.05, 0.1) is 31.9 Å². The van der Waals surface area contributed by atoms with E-state index in [0.29, 0.717) is 62.6 Å². The first kappa shape index (κ1) is 35.3. The molecule has 5 rings (SSSR count). The number of halogens is 1. The van der Waals surface area contributed by atoms with Crippen LogP contribution in [0.4, 0.5) is 5.13 Å². The third-order valence-corrected chi connectivity index (χ3v) is 10.1. The number of aliphatic hydroxyl groups excluding tert-OH is 1. The molecule has 1 fully saturated rings. The van der Waals surface area contributed by atoms with Crippen LogP contribution in [0.25, 0.3) is 5.76 Å². The molecule has 1 aliphatic heterocycles. The second-order valence-corrected chi connectivity index (χ2v) is 14.2. The number of rotatable bonds is 15. The molecule has 1 N–H and O–H groups in total. The van der Waals surface area contributed by atoms with Crippen molar-refractivity contribution < 1.29 is 28.9 Å². The summed E-state index contributed by atoms with van der Waals surface area (Å²) in [5.41, 5.74) is 1.89. The van der Waals surface area contributed by atoms with Crippen LogP contribution in [0.2, 0.25) is 5.02 Å². The smallest absolute Gasteiger partial charge is 0.301 e. The molecule has 9 nitrogen and oxygen atoms in total. The number of carbonyl (C=O) groups is 2.